The van der Waals surface area contributed by atoms with E-state index in [4.69, 9.17) is 4.74 Å². The van der Waals surface area contributed by atoms with Gasteiger partial charge in [-0.05, 0) is 49.4 Å². The van der Waals surface area contributed by atoms with E-state index in [0.29, 0.717) is 17.4 Å². The van der Waals surface area contributed by atoms with Crippen LogP contribution >= 0.6 is 0 Å². The summed E-state index contributed by atoms with van der Waals surface area (Å²) in [5.74, 6) is 1.65. The molecule has 2 aromatic carbocycles. The van der Waals surface area contributed by atoms with Crippen molar-refractivity contribution < 1.29 is 9.13 Å². The predicted molar refractivity (Wildman–Crippen MR) is 100 cm³/mol. The highest BCUT2D eigenvalue weighted by Crippen LogP contribution is 2.29. The minimum absolute atomic E-state index is 0.281. The van der Waals surface area contributed by atoms with Gasteiger partial charge in [-0.2, -0.15) is 5.10 Å². The highest BCUT2D eigenvalue weighted by Gasteiger charge is 2.14. The summed E-state index contributed by atoms with van der Waals surface area (Å²) in [6, 6.07) is 12.0. The second kappa shape index (κ2) is 6.68. The van der Waals surface area contributed by atoms with Crippen LogP contribution in [0.15, 0.2) is 55.0 Å². The maximum absolute atomic E-state index is 13.2. The largest absolute Gasteiger partial charge is 0.495 e. The minimum atomic E-state index is -0.281. The zero-order chi connectivity index (χ0) is 19.0. The summed E-state index contributed by atoms with van der Waals surface area (Å²) in [6.07, 6.45) is 3.68. The number of ether oxygens (including phenoxy) is 1. The predicted octanol–water partition coefficient (Wildman–Crippen LogP) is 3.79. The third-order valence-corrected chi connectivity index (χ3v) is 4.29. The lowest BCUT2D eigenvalue weighted by Gasteiger charge is -2.10. The van der Waals surface area contributed by atoms with Gasteiger partial charge in [0.2, 0.25) is 0 Å². The molecule has 0 fully saturated rings. The molecule has 0 spiro atoms. The summed E-state index contributed by atoms with van der Waals surface area (Å²) in [7, 11) is 3.44. The molecule has 136 valence electrons. The number of hydrogen-bond acceptors (Lipinski definition) is 4. The van der Waals surface area contributed by atoms with Gasteiger partial charge in [0.05, 0.1) is 24.8 Å². The van der Waals surface area contributed by atoms with Crippen LogP contribution in [-0.4, -0.2) is 31.4 Å². The molecule has 0 atom stereocenters. The van der Waals surface area contributed by atoms with Gasteiger partial charge in [0.15, 0.2) is 11.6 Å². The second-order valence-electron chi connectivity index (χ2n) is 6.20. The van der Waals surface area contributed by atoms with Crippen molar-refractivity contribution in [3.63, 3.8) is 0 Å². The van der Waals surface area contributed by atoms with Crippen LogP contribution in [0.4, 0.5) is 4.39 Å². The first kappa shape index (κ1) is 17.0. The molecular formula is C20H18FN5O. The standard InChI is InChI=1S/C20H18FN5O/c1-13-11-26(12-22-13)17-9-6-15(10-18(17)27-3)19-23-20(25(2)24-19)14-4-7-16(21)8-5-14/h4-12H,1-3H3. The van der Waals surface area contributed by atoms with Gasteiger partial charge in [0.1, 0.15) is 11.6 Å². The van der Waals surface area contributed by atoms with Crippen LogP contribution < -0.4 is 4.74 Å². The molecule has 0 unspecified atom stereocenters. The van der Waals surface area contributed by atoms with Crippen molar-refractivity contribution in [2.24, 2.45) is 7.05 Å². The number of methoxy groups -OCH3 is 1. The quantitative estimate of drug-likeness (QED) is 0.553. The van der Waals surface area contributed by atoms with Gasteiger partial charge in [0, 0.05) is 24.4 Å². The molecule has 0 radical (unpaired) electrons. The summed E-state index contributed by atoms with van der Waals surface area (Å²) in [4.78, 5) is 8.87. The molecule has 7 heteroatoms. The van der Waals surface area contributed by atoms with Crippen LogP contribution in [0.3, 0.4) is 0 Å². The molecule has 0 amide bonds. The van der Waals surface area contributed by atoms with E-state index in [-0.39, 0.29) is 5.82 Å². The second-order valence-corrected chi connectivity index (χ2v) is 6.20. The van der Waals surface area contributed by atoms with E-state index in [0.717, 1.165) is 22.5 Å². The molecule has 0 aliphatic rings. The highest BCUT2D eigenvalue weighted by atomic mass is 19.1. The fourth-order valence-corrected chi connectivity index (χ4v) is 2.94. The molecule has 6 nitrogen and oxygen atoms in total. The van der Waals surface area contributed by atoms with Crippen LogP contribution in [0.5, 0.6) is 5.75 Å². The fourth-order valence-electron chi connectivity index (χ4n) is 2.94. The molecule has 2 heterocycles. The zero-order valence-electron chi connectivity index (χ0n) is 15.2. The number of imidazole rings is 1. The molecule has 0 aliphatic heterocycles. The van der Waals surface area contributed by atoms with Gasteiger partial charge < -0.3 is 9.30 Å². The smallest absolute Gasteiger partial charge is 0.181 e. The SMILES string of the molecule is COc1cc(-c2nc(-c3ccc(F)cc3)n(C)n2)ccc1-n1cnc(C)c1. The lowest BCUT2D eigenvalue weighted by molar-refractivity contribution is 0.413. The van der Waals surface area contributed by atoms with Crippen molar-refractivity contribution in [1.29, 1.82) is 0 Å². The molecule has 4 aromatic rings. The van der Waals surface area contributed by atoms with Crippen molar-refractivity contribution in [1.82, 2.24) is 24.3 Å². The summed E-state index contributed by atoms with van der Waals surface area (Å²) in [5, 5.41) is 4.50. The summed E-state index contributed by atoms with van der Waals surface area (Å²) in [6.45, 7) is 1.94. The Balaban J connectivity index is 1.74. The molecule has 0 N–H and O–H groups in total. The minimum Gasteiger partial charge on any atom is -0.495 e. The summed E-state index contributed by atoms with van der Waals surface area (Å²) < 4.78 is 22.3. The lowest BCUT2D eigenvalue weighted by atomic mass is 10.1. The molecule has 0 saturated heterocycles. The topological polar surface area (TPSA) is 57.8 Å². The van der Waals surface area contributed by atoms with Gasteiger partial charge in [0.25, 0.3) is 0 Å². The number of halogens is 1. The van der Waals surface area contributed by atoms with E-state index in [1.165, 1.54) is 12.1 Å². The molecular weight excluding hydrogens is 345 g/mol. The maximum Gasteiger partial charge on any atom is 0.181 e. The normalized spacial score (nSPS) is 11.0. The fraction of sp³-hybridized carbons (Fsp3) is 0.150. The van der Waals surface area contributed by atoms with Gasteiger partial charge in [-0.15, -0.1) is 0 Å². The third kappa shape index (κ3) is 3.19. The molecule has 0 aliphatic carbocycles. The Morgan fingerprint density at radius 1 is 1.04 bits per heavy atom. The monoisotopic (exact) mass is 363 g/mol. The third-order valence-electron chi connectivity index (χ3n) is 4.29. The van der Waals surface area contributed by atoms with Crippen molar-refractivity contribution in [2.45, 2.75) is 6.92 Å². The van der Waals surface area contributed by atoms with E-state index >= 15 is 0 Å². The number of nitrogens with zero attached hydrogens (tertiary/aromatic N) is 5. The average Bonchev–Trinajstić information content (AvgIpc) is 3.28. The first-order chi connectivity index (χ1) is 13.0. The number of aryl methyl sites for hydroxylation is 2. The van der Waals surface area contributed by atoms with E-state index in [9.17, 15) is 4.39 Å². The first-order valence-electron chi connectivity index (χ1n) is 8.41. The van der Waals surface area contributed by atoms with E-state index in [2.05, 4.69) is 15.1 Å². The maximum atomic E-state index is 13.2. The molecule has 4 rings (SSSR count). The molecule has 0 bridgehead atoms. The van der Waals surface area contributed by atoms with Crippen molar-refractivity contribution >= 4 is 0 Å². The summed E-state index contributed by atoms with van der Waals surface area (Å²) in [5.41, 5.74) is 3.44. The summed E-state index contributed by atoms with van der Waals surface area (Å²) >= 11 is 0. The molecule has 2 aromatic heterocycles. The van der Waals surface area contributed by atoms with Crippen LogP contribution in [0, 0.1) is 12.7 Å². The first-order valence-corrected chi connectivity index (χ1v) is 8.41. The highest BCUT2D eigenvalue weighted by molar-refractivity contribution is 5.65. The van der Waals surface area contributed by atoms with Gasteiger partial charge >= 0.3 is 0 Å². The number of aromatic nitrogens is 5. The van der Waals surface area contributed by atoms with Crippen LogP contribution in [0.25, 0.3) is 28.5 Å². The molecule has 27 heavy (non-hydrogen) atoms. The Morgan fingerprint density at radius 3 is 2.44 bits per heavy atom. The van der Waals surface area contributed by atoms with Crippen LogP contribution in [-0.2, 0) is 7.05 Å². The van der Waals surface area contributed by atoms with E-state index in [1.54, 1.807) is 30.3 Å². The van der Waals surface area contributed by atoms with Crippen molar-refractivity contribution in [2.75, 3.05) is 7.11 Å². The lowest BCUT2D eigenvalue weighted by Crippen LogP contribution is -1.96. The van der Waals surface area contributed by atoms with Gasteiger partial charge in [-0.25, -0.2) is 19.0 Å². The average molecular weight is 363 g/mol. The Morgan fingerprint density at radius 2 is 1.78 bits per heavy atom. The van der Waals surface area contributed by atoms with Crippen molar-refractivity contribution in [3.8, 4) is 34.2 Å². The Kier molecular flexibility index (Phi) is 4.19. The Bertz CT molecular complexity index is 1100. The number of rotatable bonds is 4. The number of benzene rings is 2. The Hall–Kier alpha value is -3.48. The van der Waals surface area contributed by atoms with Crippen LogP contribution in [0.1, 0.15) is 5.69 Å². The molecule has 0 saturated carbocycles. The van der Waals surface area contributed by atoms with E-state index < -0.39 is 0 Å². The van der Waals surface area contributed by atoms with Crippen molar-refractivity contribution in [3.05, 3.63) is 66.5 Å². The van der Waals surface area contributed by atoms with Gasteiger partial charge in [-0.1, -0.05) is 0 Å². The van der Waals surface area contributed by atoms with Crippen LogP contribution in [0.2, 0.25) is 0 Å². The van der Waals surface area contributed by atoms with E-state index in [1.807, 2.05) is 42.9 Å². The van der Waals surface area contributed by atoms with Gasteiger partial charge in [-0.3, -0.25) is 0 Å². The zero-order valence-corrected chi connectivity index (χ0v) is 15.2. The Labute approximate surface area is 155 Å². The number of hydrogen-bond donors (Lipinski definition) is 0.